The number of benzene rings is 2. The van der Waals surface area contributed by atoms with Crippen LogP contribution in [0, 0.1) is 20.8 Å². The van der Waals surface area contributed by atoms with Gasteiger partial charge in [0.1, 0.15) is 5.75 Å². The quantitative estimate of drug-likeness (QED) is 0.362. The maximum absolute atomic E-state index is 12.8. The first kappa shape index (κ1) is 18.5. The SMILES string of the molecule is COc1ccc2c(C)cc3nnc(SCC(=O)c4cc(C)ccc4C)n3c2c1. The van der Waals surface area contributed by atoms with Crippen molar-refractivity contribution >= 4 is 34.1 Å². The number of methoxy groups -OCH3 is 1. The third-order valence-corrected chi connectivity index (χ3v) is 5.83. The first-order valence-electron chi connectivity index (χ1n) is 9.03. The Balaban J connectivity index is 1.72. The Morgan fingerprint density at radius 1 is 1.04 bits per heavy atom. The number of fused-ring (bicyclic) bond motifs is 3. The second kappa shape index (κ2) is 7.28. The molecular weight excluding hydrogens is 370 g/mol. The first-order chi connectivity index (χ1) is 13.5. The van der Waals surface area contributed by atoms with Gasteiger partial charge in [-0.05, 0) is 56.2 Å². The second-order valence-corrected chi connectivity index (χ2v) is 7.86. The molecule has 28 heavy (non-hydrogen) atoms. The molecule has 2 heterocycles. The average molecular weight is 391 g/mol. The lowest BCUT2D eigenvalue weighted by Gasteiger charge is -2.09. The fourth-order valence-corrected chi connectivity index (χ4v) is 4.20. The van der Waals surface area contributed by atoms with Crippen molar-refractivity contribution in [3.05, 3.63) is 64.7 Å². The van der Waals surface area contributed by atoms with E-state index >= 15 is 0 Å². The van der Waals surface area contributed by atoms with E-state index in [0.717, 1.165) is 44.6 Å². The predicted molar refractivity (Wildman–Crippen MR) is 113 cm³/mol. The van der Waals surface area contributed by atoms with E-state index in [1.54, 1.807) is 7.11 Å². The summed E-state index contributed by atoms with van der Waals surface area (Å²) in [7, 11) is 1.65. The molecule has 0 saturated heterocycles. The molecule has 4 rings (SSSR count). The van der Waals surface area contributed by atoms with Crippen LogP contribution >= 0.6 is 11.8 Å². The van der Waals surface area contributed by atoms with Crippen LogP contribution in [0.4, 0.5) is 0 Å². The van der Waals surface area contributed by atoms with Gasteiger partial charge in [-0.1, -0.05) is 29.5 Å². The molecular formula is C22H21N3O2S. The summed E-state index contributed by atoms with van der Waals surface area (Å²) in [6, 6.07) is 13.9. The lowest BCUT2D eigenvalue weighted by Crippen LogP contribution is -2.06. The van der Waals surface area contributed by atoms with Crippen LogP contribution in [-0.2, 0) is 0 Å². The highest BCUT2D eigenvalue weighted by Crippen LogP contribution is 2.29. The second-order valence-electron chi connectivity index (χ2n) is 6.92. The van der Waals surface area contributed by atoms with Gasteiger partial charge in [0.25, 0.3) is 0 Å². The van der Waals surface area contributed by atoms with Gasteiger partial charge in [0.2, 0.25) is 0 Å². The highest BCUT2D eigenvalue weighted by molar-refractivity contribution is 7.99. The molecule has 4 aromatic rings. The standard InChI is InChI=1S/C22H21N3O2S/c1-13-5-6-14(2)18(9-13)20(26)12-28-22-24-23-21-10-15(3)17-8-7-16(27-4)11-19(17)25(21)22/h5-11H,12H2,1-4H3. The highest BCUT2D eigenvalue weighted by Gasteiger charge is 2.15. The Kier molecular flexibility index (Phi) is 4.81. The first-order valence-corrected chi connectivity index (χ1v) is 10.0. The molecule has 0 aliphatic heterocycles. The fourth-order valence-electron chi connectivity index (χ4n) is 3.37. The number of hydrogen-bond donors (Lipinski definition) is 0. The maximum Gasteiger partial charge on any atom is 0.196 e. The average Bonchev–Trinajstić information content (AvgIpc) is 3.10. The molecule has 5 nitrogen and oxygen atoms in total. The summed E-state index contributed by atoms with van der Waals surface area (Å²) in [5.41, 5.74) is 5.71. The van der Waals surface area contributed by atoms with Crippen LogP contribution in [0.15, 0.2) is 47.6 Å². The topological polar surface area (TPSA) is 56.5 Å². The fraction of sp³-hybridized carbons (Fsp3) is 0.227. The Morgan fingerprint density at radius 2 is 1.86 bits per heavy atom. The molecule has 0 spiro atoms. The molecule has 0 N–H and O–H groups in total. The lowest BCUT2D eigenvalue weighted by atomic mass is 10.0. The summed E-state index contributed by atoms with van der Waals surface area (Å²) < 4.78 is 7.38. The number of aromatic nitrogens is 3. The van der Waals surface area contributed by atoms with E-state index < -0.39 is 0 Å². The number of thioether (sulfide) groups is 1. The largest absolute Gasteiger partial charge is 0.497 e. The van der Waals surface area contributed by atoms with E-state index in [-0.39, 0.29) is 5.78 Å². The number of pyridine rings is 1. The molecule has 0 unspecified atom stereocenters. The zero-order valence-corrected chi connectivity index (χ0v) is 17.1. The number of ketones is 1. The summed E-state index contributed by atoms with van der Waals surface area (Å²) in [5, 5.41) is 10.4. The molecule has 0 amide bonds. The van der Waals surface area contributed by atoms with Crippen LogP contribution in [0.3, 0.4) is 0 Å². The molecule has 0 saturated carbocycles. The summed E-state index contributed by atoms with van der Waals surface area (Å²) in [6.07, 6.45) is 0. The molecule has 2 aromatic heterocycles. The van der Waals surface area contributed by atoms with Gasteiger partial charge in [-0.15, -0.1) is 10.2 Å². The van der Waals surface area contributed by atoms with Crippen molar-refractivity contribution in [2.24, 2.45) is 0 Å². The third kappa shape index (κ3) is 3.24. The van der Waals surface area contributed by atoms with Crippen molar-refractivity contribution in [3.8, 4) is 5.75 Å². The number of rotatable bonds is 5. The smallest absolute Gasteiger partial charge is 0.196 e. The Labute approximate surface area is 167 Å². The van der Waals surface area contributed by atoms with Gasteiger partial charge >= 0.3 is 0 Å². The van der Waals surface area contributed by atoms with Crippen LogP contribution in [0.1, 0.15) is 27.0 Å². The van der Waals surface area contributed by atoms with E-state index in [1.807, 2.05) is 60.7 Å². The van der Waals surface area contributed by atoms with Gasteiger partial charge in [0.15, 0.2) is 16.6 Å². The zero-order chi connectivity index (χ0) is 19.8. The number of carbonyl (C=O) groups excluding carboxylic acids is 1. The molecule has 0 bridgehead atoms. The number of aryl methyl sites for hydroxylation is 3. The van der Waals surface area contributed by atoms with Crippen LogP contribution in [0.2, 0.25) is 0 Å². The van der Waals surface area contributed by atoms with Crippen LogP contribution in [-0.4, -0.2) is 33.2 Å². The molecule has 0 radical (unpaired) electrons. The van der Waals surface area contributed by atoms with E-state index in [4.69, 9.17) is 4.74 Å². The monoisotopic (exact) mass is 391 g/mol. The molecule has 0 atom stereocenters. The van der Waals surface area contributed by atoms with Gasteiger partial charge in [0, 0.05) is 17.0 Å². The van der Waals surface area contributed by atoms with Crippen molar-refractivity contribution in [2.75, 3.05) is 12.9 Å². The Bertz CT molecular complexity index is 1210. The minimum atomic E-state index is 0.0944. The van der Waals surface area contributed by atoms with Crippen molar-refractivity contribution in [1.29, 1.82) is 0 Å². The van der Waals surface area contributed by atoms with Gasteiger partial charge in [-0.25, -0.2) is 0 Å². The predicted octanol–water partition coefficient (Wildman–Crippen LogP) is 4.79. The number of ether oxygens (including phenoxy) is 1. The van der Waals surface area contributed by atoms with Crippen LogP contribution in [0.25, 0.3) is 16.6 Å². The summed E-state index contributed by atoms with van der Waals surface area (Å²) in [4.78, 5) is 12.8. The Hall–Kier alpha value is -2.86. The molecule has 0 aliphatic carbocycles. The maximum atomic E-state index is 12.8. The van der Waals surface area contributed by atoms with Gasteiger partial charge in [0.05, 0.1) is 18.4 Å². The van der Waals surface area contributed by atoms with E-state index in [0.29, 0.717) is 10.9 Å². The van der Waals surface area contributed by atoms with Crippen molar-refractivity contribution in [1.82, 2.24) is 14.6 Å². The normalized spacial score (nSPS) is 11.3. The highest BCUT2D eigenvalue weighted by atomic mass is 32.2. The van der Waals surface area contributed by atoms with Crippen molar-refractivity contribution in [3.63, 3.8) is 0 Å². The number of Topliss-reactive ketones (excluding diaryl/α,β-unsaturated/α-hetero) is 1. The third-order valence-electron chi connectivity index (χ3n) is 4.90. The van der Waals surface area contributed by atoms with Crippen molar-refractivity contribution < 1.29 is 9.53 Å². The zero-order valence-electron chi connectivity index (χ0n) is 16.3. The Morgan fingerprint density at radius 3 is 2.64 bits per heavy atom. The molecule has 142 valence electrons. The van der Waals surface area contributed by atoms with E-state index in [9.17, 15) is 4.79 Å². The minimum absolute atomic E-state index is 0.0944. The molecule has 2 aromatic carbocycles. The van der Waals surface area contributed by atoms with Crippen LogP contribution in [0.5, 0.6) is 5.75 Å². The van der Waals surface area contributed by atoms with Gasteiger partial charge < -0.3 is 4.74 Å². The van der Waals surface area contributed by atoms with Gasteiger partial charge in [-0.2, -0.15) is 0 Å². The summed E-state index contributed by atoms with van der Waals surface area (Å²) in [5.74, 6) is 1.18. The summed E-state index contributed by atoms with van der Waals surface area (Å²) >= 11 is 1.41. The lowest BCUT2D eigenvalue weighted by molar-refractivity contribution is 0.102. The molecule has 0 fully saturated rings. The van der Waals surface area contributed by atoms with Gasteiger partial charge in [-0.3, -0.25) is 9.20 Å². The molecule has 6 heteroatoms. The number of nitrogens with zero attached hydrogens (tertiary/aromatic N) is 3. The number of hydrogen-bond acceptors (Lipinski definition) is 5. The summed E-state index contributed by atoms with van der Waals surface area (Å²) in [6.45, 7) is 6.02. The van der Waals surface area contributed by atoms with E-state index in [1.165, 1.54) is 11.8 Å². The number of carbonyl (C=O) groups is 1. The van der Waals surface area contributed by atoms with Crippen LogP contribution < -0.4 is 4.74 Å². The molecule has 0 aliphatic rings. The van der Waals surface area contributed by atoms with Crippen molar-refractivity contribution in [2.45, 2.75) is 25.9 Å². The minimum Gasteiger partial charge on any atom is -0.497 e. The van der Waals surface area contributed by atoms with E-state index in [2.05, 4.69) is 17.1 Å².